The van der Waals surface area contributed by atoms with Gasteiger partial charge in [0, 0.05) is 44.0 Å². The Balaban J connectivity index is 0.895. The van der Waals surface area contributed by atoms with Crippen LogP contribution >= 0.6 is 0 Å². The molecule has 4 aromatic heterocycles. The summed E-state index contributed by atoms with van der Waals surface area (Å²) in [6.07, 6.45) is 0. The van der Waals surface area contributed by atoms with Gasteiger partial charge in [-0.1, -0.05) is 84.9 Å². The van der Waals surface area contributed by atoms with Crippen molar-refractivity contribution < 1.29 is 8.83 Å². The molecular weight excluding hydrogens is 689 g/mol. The van der Waals surface area contributed by atoms with E-state index in [0.29, 0.717) is 17.4 Å². The summed E-state index contributed by atoms with van der Waals surface area (Å²) in [4.78, 5) is 9.76. The van der Waals surface area contributed by atoms with Gasteiger partial charge in [0.25, 0.3) is 0 Å². The molecule has 0 atom stereocenters. The average molecular weight is 719 g/mol. The van der Waals surface area contributed by atoms with Gasteiger partial charge in [-0.15, -0.1) is 0 Å². The first-order valence-electron chi connectivity index (χ1n) is 18.7. The van der Waals surface area contributed by atoms with Crippen LogP contribution < -0.4 is 0 Å². The van der Waals surface area contributed by atoms with Crippen molar-refractivity contribution in [2.45, 2.75) is 0 Å². The molecule has 0 amide bonds. The van der Waals surface area contributed by atoms with E-state index in [0.717, 1.165) is 66.7 Å². The SMILES string of the molecule is c1ccc(-n2c3ccccc3c3cc(-c4ccc5nc(-c6ccc7nc(-c8ccc9c(c8)c8ccccc8n9-c8ccccc8)oc7c6)oc5c4)ccc32)cc1. The fourth-order valence-corrected chi connectivity index (χ4v) is 8.38. The van der Waals surface area contributed by atoms with Gasteiger partial charge >= 0.3 is 0 Å². The summed E-state index contributed by atoms with van der Waals surface area (Å²) < 4.78 is 17.5. The molecule has 8 aromatic carbocycles. The van der Waals surface area contributed by atoms with Gasteiger partial charge in [0.1, 0.15) is 11.0 Å². The quantitative estimate of drug-likeness (QED) is 0.178. The van der Waals surface area contributed by atoms with Crippen LogP contribution in [0.2, 0.25) is 0 Å². The van der Waals surface area contributed by atoms with Gasteiger partial charge in [0.15, 0.2) is 11.2 Å². The lowest BCUT2D eigenvalue weighted by Gasteiger charge is -2.08. The van der Waals surface area contributed by atoms with Crippen LogP contribution in [0.25, 0.3) is 111 Å². The largest absolute Gasteiger partial charge is 0.436 e. The van der Waals surface area contributed by atoms with Crippen molar-refractivity contribution in [1.82, 2.24) is 19.1 Å². The molecule has 0 aliphatic heterocycles. The van der Waals surface area contributed by atoms with E-state index in [1.807, 2.05) is 30.3 Å². The summed E-state index contributed by atoms with van der Waals surface area (Å²) in [5.41, 5.74) is 13.8. The maximum atomic E-state index is 6.43. The van der Waals surface area contributed by atoms with E-state index in [9.17, 15) is 0 Å². The van der Waals surface area contributed by atoms with Crippen LogP contribution in [0, 0.1) is 0 Å². The van der Waals surface area contributed by atoms with Crippen molar-refractivity contribution in [3.05, 3.63) is 182 Å². The summed E-state index contributed by atoms with van der Waals surface area (Å²) in [5, 5.41) is 4.76. The van der Waals surface area contributed by atoms with Crippen LogP contribution in [0.4, 0.5) is 0 Å². The Morgan fingerprint density at radius 1 is 0.321 bits per heavy atom. The number of rotatable bonds is 5. The molecule has 0 N–H and O–H groups in total. The predicted molar refractivity (Wildman–Crippen MR) is 227 cm³/mol. The predicted octanol–water partition coefficient (Wildman–Crippen LogP) is 13.2. The summed E-state index contributed by atoms with van der Waals surface area (Å²) in [6.45, 7) is 0. The number of fused-ring (bicyclic) bond motifs is 8. The maximum absolute atomic E-state index is 6.43. The summed E-state index contributed by atoms with van der Waals surface area (Å²) >= 11 is 0. The molecule has 0 unspecified atom stereocenters. The van der Waals surface area contributed by atoms with Crippen LogP contribution in [-0.4, -0.2) is 19.1 Å². The second kappa shape index (κ2) is 11.9. The van der Waals surface area contributed by atoms with Crippen LogP contribution in [0.5, 0.6) is 0 Å². The van der Waals surface area contributed by atoms with Gasteiger partial charge in [0.2, 0.25) is 11.8 Å². The highest BCUT2D eigenvalue weighted by atomic mass is 16.4. The fourth-order valence-electron chi connectivity index (χ4n) is 8.38. The minimum Gasteiger partial charge on any atom is -0.436 e. The van der Waals surface area contributed by atoms with E-state index in [-0.39, 0.29) is 0 Å². The Morgan fingerprint density at radius 3 is 1.29 bits per heavy atom. The zero-order valence-electron chi connectivity index (χ0n) is 29.9. The summed E-state index contributed by atoms with van der Waals surface area (Å²) in [5.74, 6) is 1.11. The Hall–Kier alpha value is -7.70. The number of oxazole rings is 2. The van der Waals surface area contributed by atoms with E-state index in [1.54, 1.807) is 0 Å². The number of hydrogen-bond donors (Lipinski definition) is 0. The van der Waals surface area contributed by atoms with Gasteiger partial charge in [-0.3, -0.25) is 0 Å². The van der Waals surface area contributed by atoms with Crippen LogP contribution in [0.3, 0.4) is 0 Å². The Kier molecular flexibility index (Phi) is 6.53. The first kappa shape index (κ1) is 30.7. The van der Waals surface area contributed by atoms with E-state index < -0.39 is 0 Å². The van der Waals surface area contributed by atoms with E-state index >= 15 is 0 Å². The molecule has 4 heterocycles. The molecule has 0 saturated heterocycles. The van der Waals surface area contributed by atoms with Crippen LogP contribution in [0.1, 0.15) is 0 Å². The van der Waals surface area contributed by atoms with E-state index in [4.69, 9.17) is 18.8 Å². The molecule has 12 aromatic rings. The third-order valence-electron chi connectivity index (χ3n) is 11.0. The fraction of sp³-hybridized carbons (Fsp3) is 0. The zero-order valence-corrected chi connectivity index (χ0v) is 29.9. The second-order valence-electron chi connectivity index (χ2n) is 14.2. The van der Waals surface area contributed by atoms with Gasteiger partial charge in [-0.05, 0) is 108 Å². The maximum Gasteiger partial charge on any atom is 0.227 e. The number of para-hydroxylation sites is 4. The molecule has 56 heavy (non-hydrogen) atoms. The minimum absolute atomic E-state index is 0.536. The molecule has 6 nitrogen and oxygen atoms in total. The standard InChI is InChI=1S/C50H30N4O2/c1-3-11-35(12-4-1)53-43-17-9-7-15-37(43)39-27-31(21-25-45(39)53)32-19-23-41-47(29-32)55-50(52-41)34-20-24-42-48(30-34)56-49(51-42)33-22-26-46-40(28-33)38-16-8-10-18-44(38)54(46)36-13-5-2-6-14-36/h1-30H. The first-order chi connectivity index (χ1) is 27.7. The summed E-state index contributed by atoms with van der Waals surface area (Å²) in [7, 11) is 0. The molecular formula is C50H30N4O2. The molecule has 0 spiro atoms. The van der Waals surface area contributed by atoms with Gasteiger partial charge in [-0.2, -0.15) is 0 Å². The molecule has 0 aliphatic carbocycles. The van der Waals surface area contributed by atoms with Gasteiger partial charge < -0.3 is 18.0 Å². The number of aromatic nitrogens is 4. The van der Waals surface area contributed by atoms with Crippen molar-refractivity contribution >= 4 is 65.8 Å². The van der Waals surface area contributed by atoms with Crippen molar-refractivity contribution in [2.75, 3.05) is 0 Å². The second-order valence-corrected chi connectivity index (χ2v) is 14.2. The number of nitrogens with zero attached hydrogens (tertiary/aromatic N) is 4. The zero-order chi connectivity index (χ0) is 36.7. The monoisotopic (exact) mass is 718 g/mol. The molecule has 0 aliphatic rings. The van der Waals surface area contributed by atoms with Crippen molar-refractivity contribution in [2.24, 2.45) is 0 Å². The molecule has 0 radical (unpaired) electrons. The smallest absolute Gasteiger partial charge is 0.227 e. The molecule has 12 rings (SSSR count). The van der Waals surface area contributed by atoms with Crippen LogP contribution in [-0.2, 0) is 0 Å². The Labute approximate surface area is 320 Å². The third kappa shape index (κ3) is 4.69. The molecule has 0 bridgehead atoms. The highest BCUT2D eigenvalue weighted by Gasteiger charge is 2.18. The molecule has 6 heteroatoms. The topological polar surface area (TPSA) is 61.9 Å². The van der Waals surface area contributed by atoms with E-state index in [2.05, 4.69) is 161 Å². The first-order valence-corrected chi connectivity index (χ1v) is 18.7. The lowest BCUT2D eigenvalue weighted by atomic mass is 10.0. The highest BCUT2D eigenvalue weighted by molar-refractivity contribution is 6.11. The minimum atomic E-state index is 0.536. The molecule has 0 saturated carbocycles. The van der Waals surface area contributed by atoms with Crippen molar-refractivity contribution in [3.63, 3.8) is 0 Å². The third-order valence-corrected chi connectivity index (χ3v) is 11.0. The molecule has 262 valence electrons. The number of benzene rings is 8. The lowest BCUT2D eigenvalue weighted by Crippen LogP contribution is -1.92. The lowest BCUT2D eigenvalue weighted by molar-refractivity contribution is 0.614. The average Bonchev–Trinajstić information content (AvgIpc) is 4.04. The number of hydrogen-bond acceptors (Lipinski definition) is 4. The Morgan fingerprint density at radius 2 is 0.714 bits per heavy atom. The van der Waals surface area contributed by atoms with Crippen LogP contribution in [0.15, 0.2) is 191 Å². The van der Waals surface area contributed by atoms with Gasteiger partial charge in [-0.25, -0.2) is 9.97 Å². The highest BCUT2D eigenvalue weighted by Crippen LogP contribution is 2.38. The summed E-state index contributed by atoms with van der Waals surface area (Å²) in [6, 6.07) is 63.4. The molecule has 0 fully saturated rings. The van der Waals surface area contributed by atoms with Crippen molar-refractivity contribution in [3.8, 4) is 45.4 Å². The van der Waals surface area contributed by atoms with E-state index in [1.165, 1.54) is 27.2 Å². The Bertz CT molecular complexity index is 3320. The normalized spacial score (nSPS) is 11.9. The van der Waals surface area contributed by atoms with Crippen molar-refractivity contribution in [1.29, 1.82) is 0 Å². The van der Waals surface area contributed by atoms with Gasteiger partial charge in [0.05, 0.1) is 22.1 Å².